The molecule has 26 heavy (non-hydrogen) atoms. The Kier molecular flexibility index (Phi) is 7.24. The Morgan fingerprint density at radius 2 is 1.65 bits per heavy atom. The van der Waals surface area contributed by atoms with E-state index in [1.54, 1.807) is 0 Å². The maximum Gasteiger partial charge on any atom is 0.119 e. The predicted molar refractivity (Wildman–Crippen MR) is 108 cm³/mol. The first kappa shape index (κ1) is 18.6. The highest BCUT2D eigenvalue weighted by Gasteiger charge is 2.13. The molecule has 0 unspecified atom stereocenters. The number of nitrogens with one attached hydrogen (secondary N) is 1. The summed E-state index contributed by atoms with van der Waals surface area (Å²) in [4.78, 5) is 0. The molecule has 0 amide bonds. The summed E-state index contributed by atoms with van der Waals surface area (Å²) < 4.78 is 11.7. The van der Waals surface area contributed by atoms with Crippen LogP contribution in [-0.4, -0.2) is 19.8 Å². The third kappa shape index (κ3) is 6.29. The first-order valence-corrected chi connectivity index (χ1v) is 9.96. The summed E-state index contributed by atoms with van der Waals surface area (Å²) in [6, 6.07) is 16.4. The SMILES string of the molecule is Cc1cccc(OCCNc2ccc(OCCC3CCCCC3)cc2)c1. The summed E-state index contributed by atoms with van der Waals surface area (Å²) >= 11 is 0. The summed E-state index contributed by atoms with van der Waals surface area (Å²) in [6.45, 7) is 4.32. The van der Waals surface area contributed by atoms with Gasteiger partial charge in [-0.25, -0.2) is 0 Å². The molecule has 1 aliphatic carbocycles. The molecular formula is C23H31NO2. The lowest BCUT2D eigenvalue weighted by molar-refractivity contribution is 0.246. The Bertz CT molecular complexity index is 648. The standard InChI is InChI=1S/C23H31NO2/c1-19-6-5-9-23(18-19)26-17-15-24-21-10-12-22(13-11-21)25-16-14-20-7-3-2-4-8-20/h5-6,9-13,18,20,24H,2-4,7-8,14-17H2,1H3. The second-order valence-electron chi connectivity index (χ2n) is 7.26. The van der Waals surface area contributed by atoms with Crippen LogP contribution in [0.25, 0.3) is 0 Å². The summed E-state index contributed by atoms with van der Waals surface area (Å²) in [5, 5.41) is 3.38. The molecule has 1 aliphatic rings. The molecule has 0 heterocycles. The van der Waals surface area contributed by atoms with Crippen LogP contribution in [0.1, 0.15) is 44.1 Å². The molecule has 0 saturated heterocycles. The molecule has 3 rings (SSSR count). The van der Waals surface area contributed by atoms with Crippen molar-refractivity contribution in [3.05, 3.63) is 54.1 Å². The van der Waals surface area contributed by atoms with E-state index in [9.17, 15) is 0 Å². The molecule has 0 radical (unpaired) electrons. The average molecular weight is 354 g/mol. The topological polar surface area (TPSA) is 30.5 Å². The largest absolute Gasteiger partial charge is 0.494 e. The normalized spacial score (nSPS) is 14.8. The third-order valence-corrected chi connectivity index (χ3v) is 5.06. The number of hydrogen-bond donors (Lipinski definition) is 1. The van der Waals surface area contributed by atoms with Crippen LogP contribution in [0.3, 0.4) is 0 Å². The summed E-state index contributed by atoms with van der Waals surface area (Å²) in [6.07, 6.45) is 8.18. The minimum absolute atomic E-state index is 0.642. The van der Waals surface area contributed by atoms with Crippen LogP contribution < -0.4 is 14.8 Å². The highest BCUT2D eigenvalue weighted by Crippen LogP contribution is 2.26. The van der Waals surface area contributed by atoms with E-state index in [1.807, 2.05) is 24.3 Å². The van der Waals surface area contributed by atoms with Gasteiger partial charge in [0, 0.05) is 12.2 Å². The molecule has 2 aromatic rings. The van der Waals surface area contributed by atoms with Crippen molar-refractivity contribution in [3.8, 4) is 11.5 Å². The number of aryl methyl sites for hydroxylation is 1. The van der Waals surface area contributed by atoms with Gasteiger partial charge in [0.05, 0.1) is 6.61 Å². The predicted octanol–water partition coefficient (Wildman–Crippen LogP) is 5.84. The molecule has 3 heteroatoms. The Morgan fingerprint density at radius 1 is 0.885 bits per heavy atom. The number of benzene rings is 2. The Labute approximate surface area is 157 Å². The van der Waals surface area contributed by atoms with Crippen molar-refractivity contribution < 1.29 is 9.47 Å². The van der Waals surface area contributed by atoms with Crippen molar-refractivity contribution >= 4 is 5.69 Å². The van der Waals surface area contributed by atoms with Crippen LogP contribution in [0.5, 0.6) is 11.5 Å². The highest BCUT2D eigenvalue weighted by atomic mass is 16.5. The fourth-order valence-electron chi connectivity index (χ4n) is 3.56. The average Bonchev–Trinajstić information content (AvgIpc) is 2.67. The van der Waals surface area contributed by atoms with Crippen LogP contribution in [0.4, 0.5) is 5.69 Å². The van der Waals surface area contributed by atoms with Crippen molar-refractivity contribution in [3.63, 3.8) is 0 Å². The molecule has 1 fully saturated rings. The molecule has 1 N–H and O–H groups in total. The van der Waals surface area contributed by atoms with Gasteiger partial charge >= 0.3 is 0 Å². The van der Waals surface area contributed by atoms with Crippen LogP contribution in [0.15, 0.2) is 48.5 Å². The van der Waals surface area contributed by atoms with E-state index in [-0.39, 0.29) is 0 Å². The minimum Gasteiger partial charge on any atom is -0.494 e. The first-order valence-electron chi connectivity index (χ1n) is 9.96. The lowest BCUT2D eigenvalue weighted by atomic mass is 9.87. The zero-order valence-corrected chi connectivity index (χ0v) is 15.9. The highest BCUT2D eigenvalue weighted by molar-refractivity contribution is 5.46. The van der Waals surface area contributed by atoms with E-state index in [2.05, 4.69) is 36.5 Å². The van der Waals surface area contributed by atoms with Crippen molar-refractivity contribution in [1.29, 1.82) is 0 Å². The molecule has 0 aromatic heterocycles. The van der Waals surface area contributed by atoms with Crippen LogP contribution in [0.2, 0.25) is 0 Å². The van der Waals surface area contributed by atoms with Gasteiger partial charge in [0.15, 0.2) is 0 Å². The summed E-state index contributed by atoms with van der Waals surface area (Å²) in [7, 11) is 0. The van der Waals surface area contributed by atoms with Gasteiger partial charge in [0.2, 0.25) is 0 Å². The van der Waals surface area contributed by atoms with Crippen LogP contribution >= 0.6 is 0 Å². The maximum absolute atomic E-state index is 5.91. The van der Waals surface area contributed by atoms with E-state index < -0.39 is 0 Å². The molecule has 2 aromatic carbocycles. The lowest BCUT2D eigenvalue weighted by Crippen LogP contribution is -2.12. The monoisotopic (exact) mass is 353 g/mol. The fourth-order valence-corrected chi connectivity index (χ4v) is 3.56. The second-order valence-corrected chi connectivity index (χ2v) is 7.26. The van der Waals surface area contributed by atoms with Crippen molar-refractivity contribution in [2.24, 2.45) is 5.92 Å². The van der Waals surface area contributed by atoms with E-state index >= 15 is 0 Å². The Morgan fingerprint density at radius 3 is 2.42 bits per heavy atom. The number of anilines is 1. The number of hydrogen-bond acceptors (Lipinski definition) is 3. The fraction of sp³-hybridized carbons (Fsp3) is 0.478. The Hall–Kier alpha value is -2.16. The molecular weight excluding hydrogens is 322 g/mol. The van der Waals surface area contributed by atoms with Gasteiger partial charge < -0.3 is 14.8 Å². The van der Waals surface area contributed by atoms with Gasteiger partial charge in [-0.1, -0.05) is 44.2 Å². The molecule has 140 valence electrons. The van der Waals surface area contributed by atoms with Gasteiger partial charge in [0.1, 0.15) is 18.1 Å². The number of ether oxygens (including phenoxy) is 2. The zero-order valence-electron chi connectivity index (χ0n) is 15.9. The maximum atomic E-state index is 5.91. The summed E-state index contributed by atoms with van der Waals surface area (Å²) in [5.74, 6) is 2.76. The van der Waals surface area contributed by atoms with E-state index in [1.165, 1.54) is 44.1 Å². The first-order chi connectivity index (χ1) is 12.8. The van der Waals surface area contributed by atoms with Gasteiger partial charge in [-0.05, 0) is 61.2 Å². The summed E-state index contributed by atoms with van der Waals surface area (Å²) in [5.41, 5.74) is 2.31. The molecule has 3 nitrogen and oxygen atoms in total. The van der Waals surface area contributed by atoms with Crippen molar-refractivity contribution in [1.82, 2.24) is 0 Å². The third-order valence-electron chi connectivity index (χ3n) is 5.06. The molecule has 0 bridgehead atoms. The second kappa shape index (κ2) is 10.1. The minimum atomic E-state index is 0.642. The molecule has 0 aliphatic heterocycles. The van der Waals surface area contributed by atoms with Gasteiger partial charge in [-0.15, -0.1) is 0 Å². The smallest absolute Gasteiger partial charge is 0.119 e. The molecule has 1 saturated carbocycles. The van der Waals surface area contributed by atoms with E-state index in [4.69, 9.17) is 9.47 Å². The van der Waals surface area contributed by atoms with Gasteiger partial charge in [-0.2, -0.15) is 0 Å². The zero-order chi connectivity index (χ0) is 18.0. The van der Waals surface area contributed by atoms with E-state index in [0.29, 0.717) is 6.61 Å². The van der Waals surface area contributed by atoms with Gasteiger partial charge in [0.25, 0.3) is 0 Å². The molecule has 0 atom stereocenters. The number of rotatable bonds is 9. The quantitative estimate of drug-likeness (QED) is 0.575. The van der Waals surface area contributed by atoms with Crippen molar-refractivity contribution in [2.75, 3.05) is 25.1 Å². The van der Waals surface area contributed by atoms with Crippen molar-refractivity contribution in [2.45, 2.75) is 45.4 Å². The van der Waals surface area contributed by atoms with Crippen LogP contribution in [-0.2, 0) is 0 Å². The van der Waals surface area contributed by atoms with Gasteiger partial charge in [-0.3, -0.25) is 0 Å². The van der Waals surface area contributed by atoms with Crippen LogP contribution in [0, 0.1) is 12.8 Å². The lowest BCUT2D eigenvalue weighted by Gasteiger charge is -2.21. The van der Waals surface area contributed by atoms with E-state index in [0.717, 1.165) is 36.3 Å². The Balaban J connectivity index is 1.32. The molecule has 0 spiro atoms.